The summed E-state index contributed by atoms with van der Waals surface area (Å²) in [5, 5.41) is 11.7. The molecule has 3 heterocycles. The number of nitriles is 1. The van der Waals surface area contributed by atoms with Crippen LogP contribution in [0.5, 0.6) is 0 Å². The van der Waals surface area contributed by atoms with Crippen molar-refractivity contribution >= 4 is 5.65 Å². The van der Waals surface area contributed by atoms with Crippen LogP contribution in [-0.2, 0) is 0 Å². The Hall–Kier alpha value is -2.22. The van der Waals surface area contributed by atoms with Gasteiger partial charge in [0.15, 0.2) is 5.65 Å². The molecule has 0 saturated carbocycles. The zero-order valence-corrected chi connectivity index (χ0v) is 18.1. The van der Waals surface area contributed by atoms with Crippen LogP contribution in [0.3, 0.4) is 0 Å². The third-order valence-electron chi connectivity index (χ3n) is 4.17. The predicted molar refractivity (Wildman–Crippen MR) is 95.0 cm³/mol. The molecule has 0 radical (unpaired) electrons. The van der Waals surface area contributed by atoms with Crippen molar-refractivity contribution in [3.8, 4) is 28.5 Å². The van der Waals surface area contributed by atoms with Gasteiger partial charge in [-0.3, -0.25) is 9.89 Å². The molecule has 0 aliphatic rings. The van der Waals surface area contributed by atoms with Gasteiger partial charge in [0.25, 0.3) is 5.56 Å². The van der Waals surface area contributed by atoms with Crippen LogP contribution in [0.1, 0.15) is 12.8 Å². The van der Waals surface area contributed by atoms with E-state index in [4.69, 9.17) is 5.26 Å². The molecule has 3 aromatic heterocycles. The largest absolute Gasteiger partial charge is 1.00 e. The van der Waals surface area contributed by atoms with Crippen molar-refractivity contribution in [1.82, 2.24) is 19.6 Å². The molecule has 9 heteroatoms. The Balaban J connectivity index is 0.00000150. The van der Waals surface area contributed by atoms with Gasteiger partial charge >= 0.3 is 51.4 Å². The van der Waals surface area contributed by atoms with Gasteiger partial charge in [-0.15, -0.1) is 0 Å². The Bertz CT molecular complexity index is 1300. The average Bonchev–Trinajstić information content (AvgIpc) is 2.98. The maximum Gasteiger partial charge on any atom is 1.00 e. The quantitative estimate of drug-likeness (QED) is 0.489. The molecule has 0 fully saturated rings. The smallest absolute Gasteiger partial charge is 1.00 e. The Morgan fingerprint density at radius 1 is 1.21 bits per heavy atom. The van der Waals surface area contributed by atoms with Gasteiger partial charge in [0.2, 0.25) is 0 Å². The normalized spacial score (nSPS) is 10.5. The summed E-state index contributed by atoms with van der Waals surface area (Å²) >= 11 is 0. The molecule has 4 rings (SSSR count). The van der Waals surface area contributed by atoms with Crippen LogP contribution in [0, 0.1) is 29.9 Å². The van der Waals surface area contributed by atoms with Crippen LogP contribution in [-0.4, -0.2) is 19.6 Å². The fraction of sp³-hybridized carbons (Fsp3) is 0.0526. The summed E-state index contributed by atoms with van der Waals surface area (Å²) in [6, 6.07) is 9.61. The van der Waals surface area contributed by atoms with E-state index >= 15 is 0 Å². The van der Waals surface area contributed by atoms with E-state index < -0.39 is 17.2 Å². The molecule has 0 bridgehead atoms. The Labute approximate surface area is 201 Å². The fourth-order valence-corrected chi connectivity index (χ4v) is 2.92. The third-order valence-corrected chi connectivity index (χ3v) is 4.17. The number of aromatic amines is 1. The second-order valence-electron chi connectivity index (χ2n) is 5.92. The van der Waals surface area contributed by atoms with E-state index in [1.807, 2.05) is 6.07 Å². The number of H-pyrrole nitrogens is 1. The predicted octanol–water partition coefficient (Wildman–Crippen LogP) is 0.326. The van der Waals surface area contributed by atoms with E-state index in [9.17, 15) is 13.6 Å². The van der Waals surface area contributed by atoms with E-state index in [0.717, 1.165) is 12.1 Å². The van der Waals surface area contributed by atoms with Gasteiger partial charge < -0.3 is 1.43 Å². The third kappa shape index (κ3) is 3.57. The molecule has 1 aromatic carbocycles. The SMILES string of the molecule is Cc1[nH]n2c(=O)cc(-c3ccc(C#N)nc3)nc2c1-c1ccc(F)cc1F.[H-].[K+]. The first kappa shape index (κ1) is 20.5. The van der Waals surface area contributed by atoms with Gasteiger partial charge in [0.05, 0.1) is 5.69 Å². The topological polar surface area (TPSA) is 86.8 Å². The first-order chi connectivity index (χ1) is 13.0. The Kier molecular flexibility index (Phi) is 5.88. The first-order valence-corrected chi connectivity index (χ1v) is 7.92. The number of rotatable bonds is 2. The van der Waals surface area contributed by atoms with Gasteiger partial charge in [-0.2, -0.15) is 5.26 Å². The number of benzene rings is 1. The number of fused-ring (bicyclic) bond motifs is 1. The van der Waals surface area contributed by atoms with Crippen molar-refractivity contribution in [2.24, 2.45) is 0 Å². The molecular formula is C19H12F2KN5O. The van der Waals surface area contributed by atoms with Crippen molar-refractivity contribution in [3.63, 3.8) is 0 Å². The van der Waals surface area contributed by atoms with Crippen LogP contribution in [0.2, 0.25) is 0 Å². The van der Waals surface area contributed by atoms with Gasteiger partial charge in [-0.05, 0) is 31.2 Å². The van der Waals surface area contributed by atoms with Crippen molar-refractivity contribution < 1.29 is 61.6 Å². The van der Waals surface area contributed by atoms with Gasteiger partial charge in [-0.25, -0.2) is 23.3 Å². The zero-order chi connectivity index (χ0) is 19.1. The number of halogens is 2. The molecular weight excluding hydrogens is 391 g/mol. The molecule has 28 heavy (non-hydrogen) atoms. The Morgan fingerprint density at radius 2 is 2.00 bits per heavy atom. The molecule has 134 valence electrons. The van der Waals surface area contributed by atoms with Crippen molar-refractivity contribution in [1.29, 1.82) is 5.26 Å². The number of aryl methyl sites for hydroxylation is 1. The van der Waals surface area contributed by atoms with Gasteiger partial charge in [0.1, 0.15) is 23.4 Å². The summed E-state index contributed by atoms with van der Waals surface area (Å²) in [6.07, 6.45) is 1.44. The monoisotopic (exact) mass is 403 g/mol. The summed E-state index contributed by atoms with van der Waals surface area (Å²) in [4.78, 5) is 20.9. The number of nitrogens with one attached hydrogen (secondary N) is 1. The molecule has 0 unspecified atom stereocenters. The molecule has 0 amide bonds. The molecule has 6 nitrogen and oxygen atoms in total. The standard InChI is InChI=1S/C19H11F2N5O.K.H/c1-10-18(14-5-3-12(20)6-15(14)21)19-24-16(7-17(27)26(19)25-10)11-2-4-13(8-22)23-9-11;;/h2-7,9,25H,1H3;;/q;+1;-1. The maximum absolute atomic E-state index is 14.3. The zero-order valence-electron chi connectivity index (χ0n) is 16.0. The number of hydrogen-bond donors (Lipinski definition) is 1. The number of pyridine rings is 1. The van der Waals surface area contributed by atoms with Crippen LogP contribution in [0.25, 0.3) is 28.0 Å². The Morgan fingerprint density at radius 3 is 2.64 bits per heavy atom. The minimum Gasteiger partial charge on any atom is -1.00 e. The van der Waals surface area contributed by atoms with E-state index in [0.29, 0.717) is 22.5 Å². The fourth-order valence-electron chi connectivity index (χ4n) is 2.92. The van der Waals surface area contributed by atoms with Gasteiger partial charge in [0, 0.05) is 40.7 Å². The van der Waals surface area contributed by atoms with Crippen molar-refractivity contribution in [2.75, 3.05) is 0 Å². The summed E-state index contributed by atoms with van der Waals surface area (Å²) in [5.74, 6) is -1.44. The summed E-state index contributed by atoms with van der Waals surface area (Å²) in [7, 11) is 0. The first-order valence-electron chi connectivity index (χ1n) is 7.92. The summed E-state index contributed by atoms with van der Waals surface area (Å²) in [6.45, 7) is 1.68. The van der Waals surface area contributed by atoms with E-state index in [1.54, 1.807) is 13.0 Å². The molecule has 0 aliphatic heterocycles. The average molecular weight is 403 g/mol. The second-order valence-corrected chi connectivity index (χ2v) is 5.92. The second kappa shape index (κ2) is 8.03. The van der Waals surface area contributed by atoms with Crippen molar-refractivity contribution in [3.05, 3.63) is 76.0 Å². The molecule has 0 aliphatic carbocycles. The number of aromatic nitrogens is 4. The van der Waals surface area contributed by atoms with Gasteiger partial charge in [-0.1, -0.05) is 0 Å². The minimum atomic E-state index is -0.751. The summed E-state index contributed by atoms with van der Waals surface area (Å²) in [5.41, 5.74) is 1.95. The van der Waals surface area contributed by atoms with E-state index in [2.05, 4.69) is 15.1 Å². The van der Waals surface area contributed by atoms with Crippen LogP contribution in [0.4, 0.5) is 8.78 Å². The van der Waals surface area contributed by atoms with E-state index in [-0.39, 0.29) is 69.7 Å². The number of hydrogen-bond acceptors (Lipinski definition) is 4. The molecule has 0 spiro atoms. The van der Waals surface area contributed by atoms with Crippen molar-refractivity contribution in [2.45, 2.75) is 6.92 Å². The number of nitrogens with zero attached hydrogens (tertiary/aromatic N) is 4. The van der Waals surface area contributed by atoms with E-state index in [1.165, 1.54) is 28.9 Å². The molecule has 0 saturated heterocycles. The molecule has 0 atom stereocenters. The summed E-state index contributed by atoms with van der Waals surface area (Å²) < 4.78 is 28.8. The molecule has 4 aromatic rings. The minimum absolute atomic E-state index is 0. The van der Waals surface area contributed by atoms with Crippen LogP contribution < -0.4 is 56.9 Å². The molecule has 1 N–H and O–H groups in total. The van der Waals surface area contributed by atoms with Crippen LogP contribution in [0.15, 0.2) is 47.4 Å². The maximum atomic E-state index is 14.3. The van der Waals surface area contributed by atoms with Crippen LogP contribution >= 0.6 is 0 Å².